The van der Waals surface area contributed by atoms with Crippen LogP contribution in [0.1, 0.15) is 12.5 Å². The molecule has 19 heavy (non-hydrogen) atoms. The van der Waals surface area contributed by atoms with Gasteiger partial charge in [0.05, 0.1) is 18.7 Å². The number of benzene rings is 1. The summed E-state index contributed by atoms with van der Waals surface area (Å²) in [7, 11) is 1.54. The molecule has 4 nitrogen and oxygen atoms in total. The molecule has 0 spiro atoms. The van der Waals surface area contributed by atoms with Gasteiger partial charge in [-0.25, -0.2) is 0 Å². The van der Waals surface area contributed by atoms with Crippen molar-refractivity contribution in [2.45, 2.75) is 6.92 Å². The van der Waals surface area contributed by atoms with E-state index in [-0.39, 0.29) is 0 Å². The topological polar surface area (TPSA) is 47.9 Å². The highest BCUT2D eigenvalue weighted by atomic mass is 35.5. The fourth-order valence-electron chi connectivity index (χ4n) is 1.85. The molecule has 0 N–H and O–H groups in total. The van der Waals surface area contributed by atoms with Crippen LogP contribution < -0.4 is 4.74 Å². The summed E-state index contributed by atoms with van der Waals surface area (Å²) < 4.78 is 10.2. The molecule has 100 valence electrons. The molecule has 1 heterocycles. The molecule has 0 saturated carbocycles. The SMILES string of the molecule is CCOC(=O)C1C=Nc2c(OC)ccc(Cl)c2C1=S. The number of nitrogens with zero attached hydrogens (tertiary/aromatic N) is 1. The second-order valence-electron chi connectivity index (χ2n) is 3.85. The second-order valence-corrected chi connectivity index (χ2v) is 4.69. The van der Waals surface area contributed by atoms with Crippen LogP contribution in [-0.4, -0.2) is 30.8 Å². The maximum absolute atomic E-state index is 11.8. The van der Waals surface area contributed by atoms with Crippen molar-refractivity contribution in [1.29, 1.82) is 0 Å². The molecule has 1 atom stereocenters. The molecule has 0 aromatic heterocycles. The van der Waals surface area contributed by atoms with Crippen LogP contribution in [0.3, 0.4) is 0 Å². The molecule has 1 aliphatic rings. The summed E-state index contributed by atoms with van der Waals surface area (Å²) in [6.45, 7) is 2.04. The Morgan fingerprint density at radius 2 is 2.26 bits per heavy atom. The van der Waals surface area contributed by atoms with Crippen molar-refractivity contribution in [1.82, 2.24) is 0 Å². The number of fused-ring (bicyclic) bond motifs is 1. The number of thiocarbonyl (C=S) groups is 1. The van der Waals surface area contributed by atoms with Crippen LogP contribution >= 0.6 is 23.8 Å². The van der Waals surface area contributed by atoms with Crippen LogP contribution in [0, 0.1) is 5.92 Å². The van der Waals surface area contributed by atoms with Crippen molar-refractivity contribution in [3.8, 4) is 5.75 Å². The Balaban J connectivity index is 2.47. The van der Waals surface area contributed by atoms with Gasteiger partial charge in [-0.15, -0.1) is 0 Å². The summed E-state index contributed by atoms with van der Waals surface area (Å²) >= 11 is 11.5. The van der Waals surface area contributed by atoms with Gasteiger partial charge in [0.15, 0.2) is 0 Å². The summed E-state index contributed by atoms with van der Waals surface area (Å²) in [5, 5.41) is 0.451. The number of carbonyl (C=O) groups excluding carboxylic acids is 1. The van der Waals surface area contributed by atoms with E-state index in [1.807, 2.05) is 0 Å². The van der Waals surface area contributed by atoms with E-state index in [4.69, 9.17) is 33.3 Å². The van der Waals surface area contributed by atoms with Gasteiger partial charge in [0.1, 0.15) is 17.4 Å². The average molecular weight is 298 g/mol. The van der Waals surface area contributed by atoms with E-state index < -0.39 is 11.9 Å². The van der Waals surface area contributed by atoms with Gasteiger partial charge in [0.25, 0.3) is 0 Å². The number of ether oxygens (including phenoxy) is 2. The zero-order valence-electron chi connectivity index (χ0n) is 10.5. The molecular formula is C13H12ClNO3S. The molecule has 0 aliphatic carbocycles. The molecule has 6 heteroatoms. The minimum absolute atomic E-state index is 0.296. The normalized spacial score (nSPS) is 17.0. The first-order valence-corrected chi connectivity index (χ1v) is 6.50. The zero-order valence-corrected chi connectivity index (χ0v) is 12.0. The fourth-order valence-corrected chi connectivity index (χ4v) is 2.52. The number of rotatable bonds is 3. The van der Waals surface area contributed by atoms with E-state index in [2.05, 4.69) is 4.99 Å². The van der Waals surface area contributed by atoms with Gasteiger partial charge < -0.3 is 9.47 Å². The van der Waals surface area contributed by atoms with Crippen molar-refractivity contribution in [3.63, 3.8) is 0 Å². The van der Waals surface area contributed by atoms with Crippen molar-refractivity contribution < 1.29 is 14.3 Å². The lowest BCUT2D eigenvalue weighted by molar-refractivity contribution is -0.143. The minimum Gasteiger partial charge on any atom is -0.494 e. The molecule has 0 saturated heterocycles. The number of methoxy groups -OCH3 is 1. The number of hydrogen-bond acceptors (Lipinski definition) is 5. The Bertz CT molecular complexity index is 571. The number of hydrogen-bond donors (Lipinski definition) is 0. The lowest BCUT2D eigenvalue weighted by atomic mass is 9.95. The Morgan fingerprint density at radius 3 is 2.89 bits per heavy atom. The van der Waals surface area contributed by atoms with Gasteiger partial charge in [0.2, 0.25) is 0 Å². The molecule has 0 amide bonds. The highest BCUT2D eigenvalue weighted by Gasteiger charge is 2.31. The fraction of sp³-hybridized carbons (Fsp3) is 0.308. The second kappa shape index (κ2) is 5.67. The van der Waals surface area contributed by atoms with Crippen LogP contribution in [0.5, 0.6) is 5.75 Å². The Morgan fingerprint density at radius 1 is 1.53 bits per heavy atom. The van der Waals surface area contributed by atoms with Crippen LogP contribution in [0.25, 0.3) is 0 Å². The smallest absolute Gasteiger partial charge is 0.319 e. The number of aliphatic imine (C=N–C) groups is 1. The molecule has 0 radical (unpaired) electrons. The lowest BCUT2D eigenvalue weighted by Gasteiger charge is -2.21. The third kappa shape index (κ3) is 2.48. The Kier molecular flexibility index (Phi) is 4.17. The molecule has 1 aromatic carbocycles. The molecule has 2 rings (SSSR count). The van der Waals surface area contributed by atoms with Crippen LogP contribution in [0.2, 0.25) is 5.02 Å². The first-order valence-electron chi connectivity index (χ1n) is 5.71. The van der Waals surface area contributed by atoms with E-state index >= 15 is 0 Å². The molecular weight excluding hydrogens is 286 g/mol. The third-order valence-electron chi connectivity index (χ3n) is 2.73. The monoisotopic (exact) mass is 297 g/mol. The van der Waals surface area contributed by atoms with Gasteiger partial charge >= 0.3 is 5.97 Å². The van der Waals surface area contributed by atoms with Crippen molar-refractivity contribution in [3.05, 3.63) is 22.7 Å². The quantitative estimate of drug-likeness (QED) is 0.636. The van der Waals surface area contributed by atoms with E-state index in [0.717, 1.165) is 0 Å². The number of halogens is 1. The average Bonchev–Trinajstić information content (AvgIpc) is 2.39. The van der Waals surface area contributed by atoms with E-state index in [9.17, 15) is 4.79 Å². The molecule has 1 aliphatic heterocycles. The predicted molar refractivity (Wildman–Crippen MR) is 78.0 cm³/mol. The van der Waals surface area contributed by atoms with Gasteiger partial charge in [0, 0.05) is 16.6 Å². The standard InChI is InChI=1S/C13H12ClNO3S/c1-3-18-13(16)7-6-15-11-9(17-2)5-4-8(14)10(11)12(7)19/h4-7H,3H2,1-2H3. The summed E-state index contributed by atoms with van der Waals surface area (Å²) in [6.07, 6.45) is 1.47. The number of esters is 1. The van der Waals surface area contributed by atoms with Crippen molar-refractivity contribution in [2.75, 3.05) is 13.7 Å². The van der Waals surface area contributed by atoms with Gasteiger partial charge in [-0.05, 0) is 19.1 Å². The highest BCUT2D eigenvalue weighted by molar-refractivity contribution is 7.81. The van der Waals surface area contributed by atoms with E-state index in [1.54, 1.807) is 26.2 Å². The first kappa shape index (κ1) is 14.0. The predicted octanol–water partition coefficient (Wildman–Crippen LogP) is 2.96. The highest BCUT2D eigenvalue weighted by Crippen LogP contribution is 2.40. The Hall–Kier alpha value is -1.46. The van der Waals surface area contributed by atoms with Crippen LogP contribution in [0.15, 0.2) is 17.1 Å². The van der Waals surface area contributed by atoms with Gasteiger partial charge in [-0.3, -0.25) is 9.79 Å². The maximum atomic E-state index is 11.8. The molecule has 1 aromatic rings. The lowest BCUT2D eigenvalue weighted by Crippen LogP contribution is -2.29. The maximum Gasteiger partial charge on any atom is 0.319 e. The van der Waals surface area contributed by atoms with E-state index in [1.165, 1.54) is 6.21 Å². The summed E-state index contributed by atoms with van der Waals surface area (Å²) in [5.41, 5.74) is 1.12. The summed E-state index contributed by atoms with van der Waals surface area (Å²) in [4.78, 5) is 16.5. The van der Waals surface area contributed by atoms with Gasteiger partial charge in [-0.1, -0.05) is 23.8 Å². The molecule has 0 bridgehead atoms. The van der Waals surface area contributed by atoms with Crippen LogP contribution in [0.4, 0.5) is 5.69 Å². The zero-order chi connectivity index (χ0) is 14.0. The summed E-state index contributed by atoms with van der Waals surface area (Å²) in [5.74, 6) is -0.520. The van der Waals surface area contributed by atoms with Crippen molar-refractivity contribution in [2.24, 2.45) is 10.9 Å². The number of carbonyl (C=O) groups is 1. The van der Waals surface area contributed by atoms with Crippen molar-refractivity contribution >= 4 is 46.6 Å². The molecule has 1 unspecified atom stereocenters. The van der Waals surface area contributed by atoms with E-state index in [0.29, 0.717) is 33.5 Å². The first-order chi connectivity index (χ1) is 9.10. The third-order valence-corrected chi connectivity index (χ3v) is 3.51. The van der Waals surface area contributed by atoms with Gasteiger partial charge in [-0.2, -0.15) is 0 Å². The minimum atomic E-state index is -0.674. The summed E-state index contributed by atoms with van der Waals surface area (Å²) in [6, 6.07) is 3.39. The Labute approximate surface area is 121 Å². The largest absolute Gasteiger partial charge is 0.494 e. The van der Waals surface area contributed by atoms with Crippen LogP contribution in [-0.2, 0) is 9.53 Å². The molecule has 0 fully saturated rings.